The third-order valence-electron chi connectivity index (χ3n) is 5.90. The number of aromatic nitrogens is 2. The Morgan fingerprint density at radius 2 is 1.68 bits per heavy atom. The number of aryl methyl sites for hydroxylation is 1. The maximum Gasteiger partial charge on any atom is 0.255 e. The highest BCUT2D eigenvalue weighted by Gasteiger charge is 2.20. The normalized spacial score (nSPS) is 12.9. The molecule has 4 aromatic rings. The Morgan fingerprint density at radius 3 is 2.44 bits per heavy atom. The molecule has 0 saturated heterocycles. The second kappa shape index (κ2) is 8.66. The quantitative estimate of drug-likeness (QED) is 0.387. The van der Waals surface area contributed by atoms with E-state index < -0.39 is 23.4 Å². The fourth-order valence-corrected chi connectivity index (χ4v) is 4.26. The molecule has 0 spiro atoms. The van der Waals surface area contributed by atoms with Crippen LogP contribution in [0.1, 0.15) is 34.3 Å². The molecule has 1 aliphatic carbocycles. The molecular weight excluding hydrogens is 445 g/mol. The molecule has 2 heterocycles. The highest BCUT2D eigenvalue weighted by Crippen LogP contribution is 2.32. The fraction of sp³-hybridized carbons (Fsp3) is 0.160. The first-order chi connectivity index (χ1) is 16.4. The summed E-state index contributed by atoms with van der Waals surface area (Å²) in [6.07, 6.45) is 4.87. The number of hydrogen-bond donors (Lipinski definition) is 3. The van der Waals surface area contributed by atoms with E-state index in [9.17, 15) is 22.8 Å². The number of hydrogen-bond acceptors (Lipinski definition) is 4. The molecule has 0 fully saturated rings. The minimum atomic E-state index is -1.15. The summed E-state index contributed by atoms with van der Waals surface area (Å²) in [5.41, 5.74) is 2.79. The zero-order chi connectivity index (χ0) is 23.8. The topological polar surface area (TPSA) is 86.9 Å². The van der Waals surface area contributed by atoms with Crippen molar-refractivity contribution in [1.29, 1.82) is 0 Å². The first-order valence-electron chi connectivity index (χ1n) is 10.8. The van der Waals surface area contributed by atoms with E-state index >= 15 is 0 Å². The van der Waals surface area contributed by atoms with Crippen LogP contribution in [0, 0.1) is 17.5 Å². The first kappa shape index (κ1) is 21.7. The fourth-order valence-electron chi connectivity index (χ4n) is 4.26. The number of halogens is 3. The lowest BCUT2D eigenvalue weighted by molar-refractivity contribution is 0.102. The van der Waals surface area contributed by atoms with Gasteiger partial charge in [-0.15, -0.1) is 0 Å². The van der Waals surface area contributed by atoms with Crippen molar-refractivity contribution in [2.24, 2.45) is 0 Å². The standard InChI is InChI=1S/C25H19F3N4O2/c26-17-7-5-13(11-18(17)27)24(33)30-14-6-8-20(19(28)12-14)31-21-9-10-29-23-22(21)15-3-1-2-4-16(15)25(34)32-23/h5-12H,1-4H2,(H,30,33)(H2,29,31,32,34). The average molecular weight is 464 g/mol. The lowest BCUT2D eigenvalue weighted by atomic mass is 9.90. The third-order valence-corrected chi connectivity index (χ3v) is 5.90. The molecule has 0 saturated carbocycles. The van der Waals surface area contributed by atoms with Gasteiger partial charge in [0.25, 0.3) is 11.5 Å². The van der Waals surface area contributed by atoms with Gasteiger partial charge in [-0.1, -0.05) is 0 Å². The van der Waals surface area contributed by atoms with Crippen molar-refractivity contribution < 1.29 is 18.0 Å². The number of nitrogens with one attached hydrogen (secondary N) is 3. The van der Waals surface area contributed by atoms with Crippen LogP contribution >= 0.6 is 0 Å². The van der Waals surface area contributed by atoms with Crippen molar-refractivity contribution in [3.05, 3.63) is 93.2 Å². The monoisotopic (exact) mass is 464 g/mol. The Balaban J connectivity index is 1.43. The Kier molecular flexibility index (Phi) is 5.53. The summed E-state index contributed by atoms with van der Waals surface area (Å²) in [6, 6.07) is 8.55. The summed E-state index contributed by atoms with van der Waals surface area (Å²) in [5, 5.41) is 6.29. The Labute approximate surface area is 191 Å². The predicted molar refractivity (Wildman–Crippen MR) is 123 cm³/mol. The molecule has 0 unspecified atom stereocenters. The maximum absolute atomic E-state index is 14.9. The van der Waals surface area contributed by atoms with Gasteiger partial charge in [0.15, 0.2) is 11.6 Å². The predicted octanol–water partition coefficient (Wildman–Crippen LogP) is 5.22. The number of amides is 1. The van der Waals surface area contributed by atoms with Crippen LogP contribution in [0.5, 0.6) is 0 Å². The number of rotatable bonds is 4. The molecule has 0 bridgehead atoms. The minimum Gasteiger partial charge on any atom is -0.352 e. The summed E-state index contributed by atoms with van der Waals surface area (Å²) in [6.45, 7) is 0. The number of anilines is 3. The molecule has 6 nitrogen and oxygen atoms in total. The van der Waals surface area contributed by atoms with Crippen LogP contribution in [0.2, 0.25) is 0 Å². The van der Waals surface area contributed by atoms with E-state index in [1.165, 1.54) is 18.3 Å². The van der Waals surface area contributed by atoms with Gasteiger partial charge in [0, 0.05) is 28.4 Å². The summed E-state index contributed by atoms with van der Waals surface area (Å²) in [7, 11) is 0. The van der Waals surface area contributed by atoms with Gasteiger partial charge in [0.1, 0.15) is 11.5 Å². The Hall–Kier alpha value is -4.14. The van der Waals surface area contributed by atoms with Crippen molar-refractivity contribution in [2.75, 3.05) is 10.6 Å². The van der Waals surface area contributed by atoms with E-state index in [1.54, 1.807) is 6.07 Å². The summed E-state index contributed by atoms with van der Waals surface area (Å²) >= 11 is 0. The summed E-state index contributed by atoms with van der Waals surface area (Å²) in [5.74, 6) is -3.54. The number of carbonyl (C=O) groups excluding carboxylic acids is 1. The SMILES string of the molecule is O=C(Nc1ccc(Nc2ccnc3[nH]c(=O)c4c(c23)CCCC4)c(F)c1)c1ccc(F)c(F)c1. The first-order valence-corrected chi connectivity index (χ1v) is 10.8. The summed E-state index contributed by atoms with van der Waals surface area (Å²) < 4.78 is 41.4. The van der Waals surface area contributed by atoms with Crippen molar-refractivity contribution >= 4 is 34.0 Å². The average Bonchev–Trinajstić information content (AvgIpc) is 2.82. The van der Waals surface area contributed by atoms with Crippen LogP contribution < -0.4 is 16.2 Å². The molecule has 0 radical (unpaired) electrons. The number of H-pyrrole nitrogens is 1. The molecule has 9 heteroatoms. The second-order valence-corrected chi connectivity index (χ2v) is 8.10. The number of nitrogens with zero attached hydrogens (tertiary/aromatic N) is 1. The van der Waals surface area contributed by atoms with Crippen LogP contribution in [0.25, 0.3) is 11.0 Å². The van der Waals surface area contributed by atoms with Gasteiger partial charge < -0.3 is 15.6 Å². The molecule has 3 N–H and O–H groups in total. The second-order valence-electron chi connectivity index (χ2n) is 8.10. The van der Waals surface area contributed by atoms with Crippen LogP contribution in [0.15, 0.2) is 53.5 Å². The Morgan fingerprint density at radius 1 is 0.882 bits per heavy atom. The van der Waals surface area contributed by atoms with Gasteiger partial charge in [0.2, 0.25) is 0 Å². The Bertz CT molecular complexity index is 1500. The van der Waals surface area contributed by atoms with Crippen LogP contribution in [0.4, 0.5) is 30.2 Å². The van der Waals surface area contributed by atoms with E-state index in [2.05, 4.69) is 20.6 Å². The van der Waals surface area contributed by atoms with Crippen molar-refractivity contribution in [3.8, 4) is 0 Å². The van der Waals surface area contributed by atoms with Gasteiger partial charge >= 0.3 is 0 Å². The molecule has 0 atom stereocenters. The van der Waals surface area contributed by atoms with Crippen molar-refractivity contribution in [2.45, 2.75) is 25.7 Å². The third kappa shape index (κ3) is 4.00. The van der Waals surface area contributed by atoms with Gasteiger partial charge in [-0.2, -0.15) is 0 Å². The molecule has 34 heavy (non-hydrogen) atoms. The maximum atomic E-state index is 14.9. The highest BCUT2D eigenvalue weighted by molar-refractivity contribution is 6.04. The largest absolute Gasteiger partial charge is 0.352 e. The zero-order valence-corrected chi connectivity index (χ0v) is 17.8. The molecule has 2 aromatic carbocycles. The molecule has 2 aromatic heterocycles. The number of carbonyl (C=O) groups is 1. The van der Waals surface area contributed by atoms with Crippen molar-refractivity contribution in [3.63, 3.8) is 0 Å². The van der Waals surface area contributed by atoms with E-state index in [0.717, 1.165) is 60.0 Å². The zero-order valence-electron chi connectivity index (χ0n) is 17.8. The smallest absolute Gasteiger partial charge is 0.255 e. The van der Waals surface area contributed by atoms with Gasteiger partial charge in [-0.05, 0) is 73.7 Å². The van der Waals surface area contributed by atoms with Crippen molar-refractivity contribution in [1.82, 2.24) is 9.97 Å². The minimum absolute atomic E-state index is 0.0940. The van der Waals surface area contributed by atoms with Crippen LogP contribution in [-0.4, -0.2) is 15.9 Å². The number of benzene rings is 2. The molecular formula is C25H19F3N4O2. The number of pyridine rings is 2. The van der Waals surface area contributed by atoms with E-state index in [1.807, 2.05) is 0 Å². The van der Waals surface area contributed by atoms with Gasteiger partial charge in [-0.3, -0.25) is 9.59 Å². The number of aromatic amines is 1. The van der Waals surface area contributed by atoms with Gasteiger partial charge in [-0.25, -0.2) is 18.2 Å². The molecule has 1 amide bonds. The molecule has 172 valence electrons. The van der Waals surface area contributed by atoms with Crippen LogP contribution in [0.3, 0.4) is 0 Å². The summed E-state index contributed by atoms with van der Waals surface area (Å²) in [4.78, 5) is 31.8. The van der Waals surface area contributed by atoms with E-state index in [0.29, 0.717) is 17.8 Å². The van der Waals surface area contributed by atoms with Crippen LogP contribution in [-0.2, 0) is 12.8 Å². The number of fused-ring (bicyclic) bond motifs is 3. The molecule has 5 rings (SSSR count). The molecule has 1 aliphatic rings. The van der Waals surface area contributed by atoms with E-state index in [-0.39, 0.29) is 22.5 Å². The molecule has 0 aliphatic heterocycles. The highest BCUT2D eigenvalue weighted by atomic mass is 19.2. The van der Waals surface area contributed by atoms with E-state index in [4.69, 9.17) is 0 Å². The lowest BCUT2D eigenvalue weighted by Crippen LogP contribution is -2.20. The van der Waals surface area contributed by atoms with Gasteiger partial charge in [0.05, 0.1) is 11.4 Å². The lowest BCUT2D eigenvalue weighted by Gasteiger charge is -2.19.